The van der Waals surface area contributed by atoms with Crippen LogP contribution in [0, 0.1) is 0 Å². The molecule has 10 heteroatoms. The summed E-state index contributed by atoms with van der Waals surface area (Å²) in [5.41, 5.74) is -1.50. The standard InChI is InChI=1S/C18H28N2O8/c1-17(2,3)26-14(23)10-7-11(19-16(25)27-18(4,5)6)15(24)28-20-12(21)8-9-13(20)22/h8-9,11,21-22H,7,10H2,1-6H3,(H,19,25)/t11-/m0/s1. The van der Waals surface area contributed by atoms with Crippen LogP contribution < -0.4 is 10.2 Å². The van der Waals surface area contributed by atoms with Crippen molar-refractivity contribution in [3.8, 4) is 11.8 Å². The Bertz CT molecular complexity index is 693. The number of carbonyl (C=O) groups excluding carboxylic acids is 3. The molecule has 0 fully saturated rings. The molecule has 0 aliphatic carbocycles. The molecule has 0 bridgehead atoms. The molecule has 0 aliphatic rings. The molecule has 1 amide bonds. The molecule has 1 heterocycles. The lowest BCUT2D eigenvalue weighted by molar-refractivity contribution is -0.155. The van der Waals surface area contributed by atoms with E-state index < -0.39 is 47.0 Å². The van der Waals surface area contributed by atoms with E-state index in [0.29, 0.717) is 4.73 Å². The minimum absolute atomic E-state index is 0.143. The fourth-order valence-electron chi connectivity index (χ4n) is 2.00. The fourth-order valence-corrected chi connectivity index (χ4v) is 2.00. The van der Waals surface area contributed by atoms with E-state index in [1.165, 1.54) is 0 Å². The quantitative estimate of drug-likeness (QED) is 0.616. The number of nitrogens with one attached hydrogen (secondary N) is 1. The molecular formula is C18H28N2O8. The number of esters is 1. The summed E-state index contributed by atoms with van der Waals surface area (Å²) in [4.78, 5) is 41.3. The summed E-state index contributed by atoms with van der Waals surface area (Å²) in [5, 5.41) is 21.5. The predicted molar refractivity (Wildman–Crippen MR) is 97.6 cm³/mol. The van der Waals surface area contributed by atoms with Gasteiger partial charge in [-0.15, -0.1) is 4.73 Å². The lowest BCUT2D eigenvalue weighted by Gasteiger charge is -2.23. The smallest absolute Gasteiger partial charge is 0.408 e. The number of rotatable bonds is 6. The first kappa shape index (κ1) is 23.1. The molecule has 28 heavy (non-hydrogen) atoms. The molecule has 0 radical (unpaired) electrons. The SMILES string of the molecule is CC(C)(C)OC(=O)CC[C@H](NC(=O)OC(C)(C)C)C(=O)On1c(O)ccc1O. The third-order valence-electron chi connectivity index (χ3n) is 3.01. The zero-order valence-electron chi connectivity index (χ0n) is 16.9. The van der Waals surface area contributed by atoms with E-state index in [9.17, 15) is 24.6 Å². The van der Waals surface area contributed by atoms with Crippen molar-refractivity contribution >= 4 is 18.0 Å². The summed E-state index contributed by atoms with van der Waals surface area (Å²) in [6, 6.07) is 0.933. The van der Waals surface area contributed by atoms with Crippen molar-refractivity contribution < 1.29 is 38.9 Å². The molecule has 0 saturated carbocycles. The van der Waals surface area contributed by atoms with Gasteiger partial charge in [-0.3, -0.25) is 4.79 Å². The number of hydrogen-bond donors (Lipinski definition) is 3. The van der Waals surface area contributed by atoms with E-state index >= 15 is 0 Å². The van der Waals surface area contributed by atoms with E-state index in [0.717, 1.165) is 12.1 Å². The van der Waals surface area contributed by atoms with Crippen LogP contribution in [0.5, 0.6) is 11.8 Å². The van der Waals surface area contributed by atoms with Crippen molar-refractivity contribution in [2.24, 2.45) is 0 Å². The Hall–Kier alpha value is -2.91. The molecule has 1 atom stereocenters. The van der Waals surface area contributed by atoms with Crippen molar-refractivity contribution in [2.45, 2.75) is 71.6 Å². The Balaban J connectivity index is 2.85. The van der Waals surface area contributed by atoms with Crippen LogP contribution in [0.3, 0.4) is 0 Å². The minimum Gasteiger partial charge on any atom is -0.492 e. The fraction of sp³-hybridized carbons (Fsp3) is 0.611. The van der Waals surface area contributed by atoms with Gasteiger partial charge in [0.1, 0.15) is 17.2 Å². The molecule has 0 aliphatic heterocycles. The average Bonchev–Trinajstić information content (AvgIpc) is 2.79. The molecule has 1 aromatic heterocycles. The first-order chi connectivity index (χ1) is 12.7. The summed E-state index contributed by atoms with van der Waals surface area (Å²) in [7, 11) is 0. The molecule has 0 unspecified atom stereocenters. The van der Waals surface area contributed by atoms with Gasteiger partial charge in [-0.2, -0.15) is 0 Å². The first-order valence-electron chi connectivity index (χ1n) is 8.71. The Labute approximate surface area is 163 Å². The Morgan fingerprint density at radius 2 is 1.50 bits per heavy atom. The Morgan fingerprint density at radius 1 is 1.00 bits per heavy atom. The molecule has 10 nitrogen and oxygen atoms in total. The number of aromatic hydroxyl groups is 2. The molecule has 0 saturated heterocycles. The maximum Gasteiger partial charge on any atom is 0.408 e. The number of aromatic nitrogens is 1. The van der Waals surface area contributed by atoms with Gasteiger partial charge >= 0.3 is 18.0 Å². The lowest BCUT2D eigenvalue weighted by Crippen LogP contribution is -2.46. The summed E-state index contributed by atoms with van der Waals surface area (Å²) in [6.07, 6.45) is -1.22. The van der Waals surface area contributed by atoms with Gasteiger partial charge in [0.25, 0.3) is 0 Å². The van der Waals surface area contributed by atoms with Crippen LogP contribution in [-0.2, 0) is 19.1 Å². The highest BCUT2D eigenvalue weighted by Crippen LogP contribution is 2.19. The third-order valence-corrected chi connectivity index (χ3v) is 3.01. The van der Waals surface area contributed by atoms with Crippen molar-refractivity contribution in [1.82, 2.24) is 10.0 Å². The largest absolute Gasteiger partial charge is 0.492 e. The maximum absolute atomic E-state index is 12.4. The predicted octanol–water partition coefficient (Wildman–Crippen LogP) is 1.87. The minimum atomic E-state index is -1.29. The van der Waals surface area contributed by atoms with Crippen molar-refractivity contribution in [1.29, 1.82) is 0 Å². The van der Waals surface area contributed by atoms with E-state index in [1.54, 1.807) is 41.5 Å². The van der Waals surface area contributed by atoms with E-state index in [2.05, 4.69) is 5.32 Å². The normalized spacial score (nSPS) is 12.8. The molecule has 1 rings (SSSR count). The van der Waals surface area contributed by atoms with E-state index in [4.69, 9.17) is 14.3 Å². The second kappa shape index (κ2) is 8.85. The average molecular weight is 400 g/mol. The monoisotopic (exact) mass is 400 g/mol. The van der Waals surface area contributed by atoms with Crippen LogP contribution in [0.1, 0.15) is 54.4 Å². The van der Waals surface area contributed by atoms with Gasteiger partial charge in [0.15, 0.2) is 0 Å². The third kappa shape index (κ3) is 8.19. The molecule has 0 aromatic carbocycles. The van der Waals surface area contributed by atoms with E-state index in [1.807, 2.05) is 0 Å². The van der Waals surface area contributed by atoms with Crippen molar-refractivity contribution in [3.63, 3.8) is 0 Å². The van der Waals surface area contributed by atoms with Gasteiger partial charge in [-0.25, -0.2) is 9.59 Å². The summed E-state index contributed by atoms with van der Waals surface area (Å²) < 4.78 is 10.8. The van der Waals surface area contributed by atoms with Crippen molar-refractivity contribution in [2.75, 3.05) is 0 Å². The van der Waals surface area contributed by atoms with Crippen LogP contribution in [0.15, 0.2) is 12.1 Å². The summed E-state index contributed by atoms with van der Waals surface area (Å²) in [6.45, 7) is 10.1. The van der Waals surface area contributed by atoms with Crippen LogP contribution in [-0.4, -0.2) is 50.2 Å². The van der Waals surface area contributed by atoms with E-state index in [-0.39, 0.29) is 12.8 Å². The summed E-state index contributed by atoms with van der Waals surface area (Å²) in [5.74, 6) is -2.62. The van der Waals surface area contributed by atoms with Crippen LogP contribution in [0.2, 0.25) is 0 Å². The Kier molecular flexibility index (Phi) is 7.31. The molecule has 3 N–H and O–H groups in total. The molecule has 1 aromatic rings. The molecule has 0 spiro atoms. The highest BCUT2D eigenvalue weighted by molar-refractivity contribution is 5.82. The zero-order valence-corrected chi connectivity index (χ0v) is 16.9. The first-order valence-corrected chi connectivity index (χ1v) is 8.71. The lowest BCUT2D eigenvalue weighted by atomic mass is 10.1. The topological polar surface area (TPSA) is 136 Å². The Morgan fingerprint density at radius 3 is 1.96 bits per heavy atom. The number of nitrogens with zero attached hydrogens (tertiary/aromatic N) is 1. The highest BCUT2D eigenvalue weighted by Gasteiger charge is 2.29. The number of alkyl carbamates (subject to hydrolysis) is 1. The number of hydrogen-bond acceptors (Lipinski definition) is 8. The number of amides is 1. The van der Waals surface area contributed by atoms with Gasteiger partial charge in [-0.05, 0) is 48.0 Å². The van der Waals surface area contributed by atoms with Gasteiger partial charge in [-0.1, -0.05) is 0 Å². The number of carbonyl (C=O) groups is 3. The second-order valence-corrected chi connectivity index (χ2v) is 8.08. The van der Waals surface area contributed by atoms with Crippen molar-refractivity contribution in [3.05, 3.63) is 12.1 Å². The van der Waals surface area contributed by atoms with Crippen LogP contribution in [0.4, 0.5) is 4.79 Å². The zero-order chi connectivity index (χ0) is 21.7. The highest BCUT2D eigenvalue weighted by atomic mass is 16.7. The summed E-state index contributed by atoms with van der Waals surface area (Å²) >= 11 is 0. The molecule has 158 valence electrons. The second-order valence-electron chi connectivity index (χ2n) is 8.08. The van der Waals surface area contributed by atoms with Gasteiger partial charge < -0.3 is 29.8 Å². The maximum atomic E-state index is 12.4. The van der Waals surface area contributed by atoms with Crippen LogP contribution >= 0.6 is 0 Å². The number of ether oxygens (including phenoxy) is 2. The van der Waals surface area contributed by atoms with Crippen LogP contribution in [0.25, 0.3) is 0 Å². The van der Waals surface area contributed by atoms with Gasteiger partial charge in [0.05, 0.1) is 0 Å². The molecular weight excluding hydrogens is 372 g/mol. The van der Waals surface area contributed by atoms with Gasteiger partial charge in [0, 0.05) is 18.6 Å². The van der Waals surface area contributed by atoms with Gasteiger partial charge in [0.2, 0.25) is 11.8 Å².